The average Bonchev–Trinajstić information content (AvgIpc) is 2.34. The van der Waals surface area contributed by atoms with Gasteiger partial charge in [-0.3, -0.25) is 0 Å². The van der Waals surface area contributed by atoms with E-state index >= 15 is 0 Å². The summed E-state index contributed by atoms with van der Waals surface area (Å²) in [6.45, 7) is 1.08. The number of halogens is 1. The molecule has 0 bridgehead atoms. The lowest BCUT2D eigenvalue weighted by molar-refractivity contribution is 0.423. The smallest absolute Gasteiger partial charge is 0.0860 e. The normalized spacial score (nSPS) is 45.5. The van der Waals surface area contributed by atoms with E-state index in [2.05, 4.69) is 17.5 Å². The zero-order valence-corrected chi connectivity index (χ0v) is 6.64. The molecule has 0 aromatic heterocycles. The number of rotatable bonds is 0. The zero-order chi connectivity index (χ0) is 6.97. The molecule has 1 heterocycles. The van der Waals surface area contributed by atoms with Gasteiger partial charge in [0.05, 0.1) is 5.50 Å². The van der Waals surface area contributed by atoms with Crippen molar-refractivity contribution in [2.75, 3.05) is 6.54 Å². The molecule has 0 amide bonds. The van der Waals surface area contributed by atoms with Crippen molar-refractivity contribution in [1.29, 1.82) is 0 Å². The van der Waals surface area contributed by atoms with Gasteiger partial charge in [0.25, 0.3) is 0 Å². The van der Waals surface area contributed by atoms with E-state index in [-0.39, 0.29) is 5.50 Å². The summed E-state index contributed by atoms with van der Waals surface area (Å²) in [6.07, 6.45) is 7.07. The highest BCUT2D eigenvalue weighted by atomic mass is 35.5. The van der Waals surface area contributed by atoms with Crippen LogP contribution in [0.1, 0.15) is 12.8 Å². The third kappa shape index (κ3) is 0.977. The van der Waals surface area contributed by atoms with E-state index in [1.807, 2.05) is 0 Å². The Morgan fingerprint density at radius 3 is 3.20 bits per heavy atom. The van der Waals surface area contributed by atoms with E-state index in [0.717, 1.165) is 12.5 Å². The molecule has 1 aliphatic carbocycles. The van der Waals surface area contributed by atoms with Crippen molar-refractivity contribution in [2.45, 2.75) is 18.3 Å². The molecule has 3 atom stereocenters. The molecule has 0 spiro atoms. The molecule has 0 saturated carbocycles. The third-order valence-corrected chi connectivity index (χ3v) is 3.00. The zero-order valence-electron chi connectivity index (χ0n) is 5.89. The molecule has 0 aromatic rings. The van der Waals surface area contributed by atoms with Gasteiger partial charge < -0.3 is 5.32 Å². The van der Waals surface area contributed by atoms with Crippen LogP contribution >= 0.6 is 11.6 Å². The van der Waals surface area contributed by atoms with Crippen LogP contribution < -0.4 is 5.32 Å². The van der Waals surface area contributed by atoms with Gasteiger partial charge in [-0.05, 0) is 24.7 Å². The molecular formula is C8H12ClN. The van der Waals surface area contributed by atoms with Gasteiger partial charge >= 0.3 is 0 Å². The van der Waals surface area contributed by atoms with Crippen molar-refractivity contribution in [3.05, 3.63) is 12.2 Å². The lowest BCUT2D eigenvalue weighted by atomic mass is 9.87. The summed E-state index contributed by atoms with van der Waals surface area (Å²) < 4.78 is 0. The minimum Gasteiger partial charge on any atom is -0.300 e. The molecule has 10 heavy (non-hydrogen) atoms. The first kappa shape index (κ1) is 6.68. The Kier molecular flexibility index (Phi) is 1.71. The molecule has 2 rings (SSSR count). The fourth-order valence-electron chi connectivity index (χ4n) is 1.90. The summed E-state index contributed by atoms with van der Waals surface area (Å²) in [4.78, 5) is 0. The predicted octanol–water partition coefficient (Wildman–Crippen LogP) is 1.74. The van der Waals surface area contributed by atoms with Crippen LogP contribution in [0.4, 0.5) is 0 Å². The highest BCUT2D eigenvalue weighted by molar-refractivity contribution is 6.20. The third-order valence-electron chi connectivity index (χ3n) is 2.52. The average molecular weight is 158 g/mol. The summed E-state index contributed by atoms with van der Waals surface area (Å²) in [6, 6.07) is 0. The Hall–Kier alpha value is -0.0100. The first-order valence-electron chi connectivity index (χ1n) is 3.92. The van der Waals surface area contributed by atoms with E-state index in [9.17, 15) is 0 Å². The van der Waals surface area contributed by atoms with E-state index in [4.69, 9.17) is 11.6 Å². The highest BCUT2D eigenvalue weighted by Gasteiger charge is 2.33. The maximum Gasteiger partial charge on any atom is 0.0860 e. The molecular weight excluding hydrogens is 146 g/mol. The number of nitrogens with one attached hydrogen (secondary N) is 1. The molecule has 2 aliphatic rings. The summed E-state index contributed by atoms with van der Waals surface area (Å²) in [5.74, 6) is 1.42. The van der Waals surface area contributed by atoms with Gasteiger partial charge in [0, 0.05) is 6.54 Å². The maximum atomic E-state index is 6.04. The van der Waals surface area contributed by atoms with Crippen LogP contribution in [0.5, 0.6) is 0 Å². The van der Waals surface area contributed by atoms with Gasteiger partial charge in [0.2, 0.25) is 0 Å². The van der Waals surface area contributed by atoms with E-state index in [1.165, 1.54) is 12.8 Å². The standard InChI is InChI=1S/C8H12ClN/c9-8-7-4-2-1-3-6(7)5-10-8/h1,3,6-8,10H,2,4-5H2. The van der Waals surface area contributed by atoms with Crippen molar-refractivity contribution in [3.63, 3.8) is 0 Å². The molecule has 1 saturated heterocycles. The molecule has 1 nitrogen and oxygen atoms in total. The van der Waals surface area contributed by atoms with Gasteiger partial charge in [0.15, 0.2) is 0 Å². The number of alkyl halides is 1. The molecule has 0 aromatic carbocycles. The summed E-state index contributed by atoms with van der Waals surface area (Å²) in [5.41, 5.74) is 0.231. The molecule has 3 unspecified atom stereocenters. The first-order chi connectivity index (χ1) is 4.88. The number of hydrogen-bond acceptors (Lipinski definition) is 1. The second kappa shape index (κ2) is 2.55. The summed E-state index contributed by atoms with van der Waals surface area (Å²) in [7, 11) is 0. The minimum atomic E-state index is 0.231. The second-order valence-corrected chi connectivity index (χ2v) is 3.61. The summed E-state index contributed by atoms with van der Waals surface area (Å²) in [5, 5.41) is 3.28. The molecule has 1 aliphatic heterocycles. The topological polar surface area (TPSA) is 12.0 Å². The van der Waals surface area contributed by atoms with Crippen LogP contribution in [0.3, 0.4) is 0 Å². The number of allylic oxidation sites excluding steroid dienone is 1. The van der Waals surface area contributed by atoms with Gasteiger partial charge in [-0.15, -0.1) is 11.6 Å². The van der Waals surface area contributed by atoms with Crippen LogP contribution in [0.25, 0.3) is 0 Å². The van der Waals surface area contributed by atoms with Gasteiger partial charge in [-0.1, -0.05) is 12.2 Å². The molecule has 1 N–H and O–H groups in total. The fraction of sp³-hybridized carbons (Fsp3) is 0.750. The van der Waals surface area contributed by atoms with Crippen molar-refractivity contribution < 1.29 is 0 Å². The van der Waals surface area contributed by atoms with Crippen LogP contribution in [0.15, 0.2) is 12.2 Å². The fourth-order valence-corrected chi connectivity index (χ4v) is 2.30. The van der Waals surface area contributed by atoms with Gasteiger partial charge in [-0.2, -0.15) is 0 Å². The molecule has 2 heteroatoms. The van der Waals surface area contributed by atoms with Crippen LogP contribution in [-0.2, 0) is 0 Å². The number of hydrogen-bond donors (Lipinski definition) is 1. The number of fused-ring (bicyclic) bond motifs is 1. The Morgan fingerprint density at radius 2 is 2.40 bits per heavy atom. The van der Waals surface area contributed by atoms with E-state index in [0.29, 0.717) is 5.92 Å². The van der Waals surface area contributed by atoms with Crippen LogP contribution in [-0.4, -0.2) is 12.0 Å². The van der Waals surface area contributed by atoms with Crippen molar-refractivity contribution in [1.82, 2.24) is 5.32 Å². The van der Waals surface area contributed by atoms with Gasteiger partial charge in [-0.25, -0.2) is 0 Å². The maximum absolute atomic E-state index is 6.04. The SMILES string of the molecule is ClC1NCC2C=CCCC21. The quantitative estimate of drug-likeness (QED) is 0.321. The Balaban J connectivity index is 2.12. The van der Waals surface area contributed by atoms with Crippen LogP contribution in [0, 0.1) is 11.8 Å². The van der Waals surface area contributed by atoms with Crippen molar-refractivity contribution in [3.8, 4) is 0 Å². The van der Waals surface area contributed by atoms with Gasteiger partial charge in [0.1, 0.15) is 0 Å². The minimum absolute atomic E-state index is 0.231. The molecule has 56 valence electrons. The lowest BCUT2D eigenvalue weighted by Crippen LogP contribution is -2.21. The Labute approximate surface area is 66.4 Å². The largest absolute Gasteiger partial charge is 0.300 e. The highest BCUT2D eigenvalue weighted by Crippen LogP contribution is 2.33. The summed E-state index contributed by atoms with van der Waals surface area (Å²) >= 11 is 6.04. The monoisotopic (exact) mass is 157 g/mol. The van der Waals surface area contributed by atoms with Crippen molar-refractivity contribution in [2.24, 2.45) is 11.8 Å². The lowest BCUT2D eigenvalue weighted by Gasteiger charge is -2.20. The molecule has 0 radical (unpaired) electrons. The predicted molar refractivity (Wildman–Crippen MR) is 43.0 cm³/mol. The van der Waals surface area contributed by atoms with E-state index in [1.54, 1.807) is 0 Å². The Morgan fingerprint density at radius 1 is 1.50 bits per heavy atom. The first-order valence-corrected chi connectivity index (χ1v) is 4.35. The van der Waals surface area contributed by atoms with E-state index < -0.39 is 0 Å². The van der Waals surface area contributed by atoms with Crippen LogP contribution in [0.2, 0.25) is 0 Å². The van der Waals surface area contributed by atoms with Crippen molar-refractivity contribution >= 4 is 11.6 Å². The molecule has 1 fully saturated rings. The Bertz CT molecular complexity index is 155. The second-order valence-electron chi connectivity index (χ2n) is 3.14.